The first-order chi connectivity index (χ1) is 9.22. The molecular weight excluding hydrogens is 236 g/mol. The molecule has 3 nitrogen and oxygen atoms in total. The number of benzene rings is 1. The van der Waals surface area contributed by atoms with Crippen LogP contribution in [0.2, 0.25) is 0 Å². The number of hydrogen-bond acceptors (Lipinski definition) is 1. The Hall–Kier alpha value is -1.51. The zero-order valence-corrected chi connectivity index (χ0v) is 11.6. The summed E-state index contributed by atoms with van der Waals surface area (Å²) in [5, 5.41) is 3.05. The van der Waals surface area contributed by atoms with Crippen LogP contribution in [0.5, 0.6) is 0 Å². The lowest BCUT2D eigenvalue weighted by atomic mass is 10.0. The minimum Gasteiger partial charge on any atom is -0.324 e. The van der Waals surface area contributed by atoms with Crippen molar-refractivity contribution >= 4 is 11.7 Å². The number of rotatable bonds is 1. The van der Waals surface area contributed by atoms with Crippen LogP contribution in [0.4, 0.5) is 10.5 Å². The number of hydrogen-bond donors (Lipinski definition) is 1. The predicted octanol–water partition coefficient (Wildman–Crippen LogP) is 3.44. The Morgan fingerprint density at radius 2 is 2.11 bits per heavy atom. The Morgan fingerprint density at radius 1 is 1.26 bits per heavy atom. The van der Waals surface area contributed by atoms with Gasteiger partial charge in [0.1, 0.15) is 0 Å². The molecule has 1 fully saturated rings. The predicted molar refractivity (Wildman–Crippen MR) is 77.5 cm³/mol. The third kappa shape index (κ3) is 2.75. The number of carbonyl (C=O) groups excluding carboxylic acids is 1. The Bertz CT molecular complexity index is 484. The zero-order chi connectivity index (χ0) is 13.2. The maximum Gasteiger partial charge on any atom is 0.321 e. The van der Waals surface area contributed by atoms with Crippen LogP contribution in [0.15, 0.2) is 18.2 Å². The van der Waals surface area contributed by atoms with Crippen molar-refractivity contribution in [2.75, 3.05) is 18.4 Å². The molecule has 0 bridgehead atoms. The molecule has 2 aliphatic rings. The van der Waals surface area contributed by atoms with Crippen LogP contribution in [0, 0.1) is 5.92 Å². The lowest BCUT2D eigenvalue weighted by Gasteiger charge is -2.31. The fourth-order valence-corrected chi connectivity index (χ4v) is 3.23. The first-order valence-electron chi connectivity index (χ1n) is 7.40. The number of anilines is 1. The smallest absolute Gasteiger partial charge is 0.321 e. The van der Waals surface area contributed by atoms with E-state index in [2.05, 4.69) is 24.4 Å². The summed E-state index contributed by atoms with van der Waals surface area (Å²) in [6.07, 6.45) is 5.95. The van der Waals surface area contributed by atoms with E-state index in [4.69, 9.17) is 0 Å². The molecule has 1 heterocycles. The van der Waals surface area contributed by atoms with Gasteiger partial charge in [-0.05, 0) is 61.3 Å². The van der Waals surface area contributed by atoms with E-state index in [9.17, 15) is 4.79 Å². The molecule has 3 heteroatoms. The second-order valence-corrected chi connectivity index (χ2v) is 5.96. The SMILES string of the molecule is CC1CCCN(C(=O)Nc2ccc3c(c2)CCC3)C1. The normalized spacial score (nSPS) is 22.2. The maximum atomic E-state index is 12.2. The Kier molecular flexibility index (Phi) is 3.45. The number of carbonyl (C=O) groups is 1. The Morgan fingerprint density at radius 3 is 2.95 bits per heavy atom. The number of likely N-dealkylation sites (tertiary alicyclic amines) is 1. The van der Waals surface area contributed by atoms with E-state index in [1.807, 2.05) is 11.0 Å². The van der Waals surface area contributed by atoms with Gasteiger partial charge in [0.15, 0.2) is 0 Å². The largest absolute Gasteiger partial charge is 0.324 e. The van der Waals surface area contributed by atoms with Gasteiger partial charge in [0, 0.05) is 18.8 Å². The van der Waals surface area contributed by atoms with Crippen LogP contribution in [0.1, 0.15) is 37.3 Å². The van der Waals surface area contributed by atoms with Crippen LogP contribution >= 0.6 is 0 Å². The molecule has 0 aromatic heterocycles. The van der Waals surface area contributed by atoms with Crippen LogP contribution in [-0.4, -0.2) is 24.0 Å². The number of amides is 2. The van der Waals surface area contributed by atoms with Crippen molar-refractivity contribution in [1.29, 1.82) is 0 Å². The van der Waals surface area contributed by atoms with Crippen LogP contribution in [0.25, 0.3) is 0 Å². The van der Waals surface area contributed by atoms with Crippen molar-refractivity contribution in [3.63, 3.8) is 0 Å². The van der Waals surface area contributed by atoms with E-state index >= 15 is 0 Å². The number of piperidine rings is 1. The molecule has 19 heavy (non-hydrogen) atoms. The number of fused-ring (bicyclic) bond motifs is 1. The molecular formula is C16H22N2O. The maximum absolute atomic E-state index is 12.2. The average Bonchev–Trinajstić information content (AvgIpc) is 2.86. The summed E-state index contributed by atoms with van der Waals surface area (Å²) in [4.78, 5) is 14.2. The molecule has 1 aromatic carbocycles. The fourth-order valence-electron chi connectivity index (χ4n) is 3.23. The molecule has 1 unspecified atom stereocenters. The molecule has 0 saturated carbocycles. The number of aryl methyl sites for hydroxylation is 2. The van der Waals surface area contributed by atoms with Crippen LogP contribution in [0.3, 0.4) is 0 Å². The van der Waals surface area contributed by atoms with Gasteiger partial charge in [-0.15, -0.1) is 0 Å². The molecule has 0 radical (unpaired) electrons. The first-order valence-corrected chi connectivity index (χ1v) is 7.40. The molecule has 1 saturated heterocycles. The van der Waals surface area contributed by atoms with Gasteiger partial charge in [-0.3, -0.25) is 0 Å². The molecule has 1 aliphatic carbocycles. The summed E-state index contributed by atoms with van der Waals surface area (Å²) >= 11 is 0. The summed E-state index contributed by atoms with van der Waals surface area (Å²) < 4.78 is 0. The molecule has 3 rings (SSSR count). The minimum atomic E-state index is 0.0597. The van der Waals surface area contributed by atoms with Gasteiger partial charge in [0.05, 0.1) is 0 Å². The molecule has 1 atom stereocenters. The Balaban J connectivity index is 1.66. The summed E-state index contributed by atoms with van der Waals surface area (Å²) in [6.45, 7) is 3.99. The summed E-state index contributed by atoms with van der Waals surface area (Å²) in [5.74, 6) is 0.625. The molecule has 1 aromatic rings. The van der Waals surface area contributed by atoms with Gasteiger partial charge in [-0.2, -0.15) is 0 Å². The number of nitrogens with zero attached hydrogens (tertiary/aromatic N) is 1. The second-order valence-electron chi connectivity index (χ2n) is 5.96. The molecule has 1 aliphatic heterocycles. The van der Waals surface area contributed by atoms with Crippen molar-refractivity contribution in [3.8, 4) is 0 Å². The minimum absolute atomic E-state index is 0.0597. The second kappa shape index (κ2) is 5.24. The van der Waals surface area contributed by atoms with Gasteiger partial charge in [-0.25, -0.2) is 4.79 Å². The van der Waals surface area contributed by atoms with Gasteiger partial charge in [0.25, 0.3) is 0 Å². The van der Waals surface area contributed by atoms with Crippen molar-refractivity contribution in [3.05, 3.63) is 29.3 Å². The summed E-state index contributed by atoms with van der Waals surface area (Å²) in [7, 11) is 0. The highest BCUT2D eigenvalue weighted by Crippen LogP contribution is 2.25. The van der Waals surface area contributed by atoms with Crippen molar-refractivity contribution in [2.24, 2.45) is 5.92 Å². The average molecular weight is 258 g/mol. The van der Waals surface area contributed by atoms with E-state index in [0.717, 1.165) is 31.6 Å². The quantitative estimate of drug-likeness (QED) is 0.822. The highest BCUT2D eigenvalue weighted by Gasteiger charge is 2.21. The molecule has 0 spiro atoms. The monoisotopic (exact) mass is 258 g/mol. The van der Waals surface area contributed by atoms with Gasteiger partial charge in [-0.1, -0.05) is 13.0 Å². The number of nitrogens with one attached hydrogen (secondary N) is 1. The number of urea groups is 1. The summed E-state index contributed by atoms with van der Waals surface area (Å²) in [6, 6.07) is 6.41. The first kappa shape index (κ1) is 12.5. The van der Waals surface area contributed by atoms with Crippen LogP contribution in [-0.2, 0) is 12.8 Å². The topological polar surface area (TPSA) is 32.3 Å². The van der Waals surface area contributed by atoms with Crippen molar-refractivity contribution < 1.29 is 4.79 Å². The lowest BCUT2D eigenvalue weighted by molar-refractivity contribution is 0.182. The van der Waals surface area contributed by atoms with E-state index < -0.39 is 0 Å². The Labute approximate surface area is 115 Å². The van der Waals surface area contributed by atoms with E-state index in [0.29, 0.717) is 5.92 Å². The third-order valence-corrected chi connectivity index (χ3v) is 4.29. The fraction of sp³-hybridized carbons (Fsp3) is 0.562. The highest BCUT2D eigenvalue weighted by atomic mass is 16.2. The van der Waals surface area contributed by atoms with Crippen molar-refractivity contribution in [2.45, 2.75) is 39.0 Å². The van der Waals surface area contributed by atoms with E-state index in [1.165, 1.54) is 30.4 Å². The zero-order valence-electron chi connectivity index (χ0n) is 11.6. The summed E-state index contributed by atoms with van der Waals surface area (Å²) in [5.41, 5.74) is 3.80. The van der Waals surface area contributed by atoms with E-state index in [1.54, 1.807) is 0 Å². The van der Waals surface area contributed by atoms with Gasteiger partial charge in [0.2, 0.25) is 0 Å². The van der Waals surface area contributed by atoms with E-state index in [-0.39, 0.29) is 6.03 Å². The third-order valence-electron chi connectivity index (χ3n) is 4.29. The lowest BCUT2D eigenvalue weighted by Crippen LogP contribution is -2.41. The standard InChI is InChI=1S/C16H22N2O/c1-12-4-3-9-18(11-12)16(19)17-15-8-7-13-5-2-6-14(13)10-15/h7-8,10,12H,2-6,9,11H2,1H3,(H,17,19). The molecule has 1 N–H and O–H groups in total. The van der Waals surface area contributed by atoms with Crippen molar-refractivity contribution in [1.82, 2.24) is 4.90 Å². The van der Waals surface area contributed by atoms with Crippen LogP contribution < -0.4 is 5.32 Å². The van der Waals surface area contributed by atoms with Gasteiger partial charge >= 0.3 is 6.03 Å². The molecule has 102 valence electrons. The highest BCUT2D eigenvalue weighted by molar-refractivity contribution is 5.89. The van der Waals surface area contributed by atoms with Gasteiger partial charge < -0.3 is 10.2 Å². The molecule has 2 amide bonds.